The van der Waals surface area contributed by atoms with Crippen molar-refractivity contribution in [3.05, 3.63) is 58.1 Å². The summed E-state index contributed by atoms with van der Waals surface area (Å²) in [7, 11) is -3.90. The van der Waals surface area contributed by atoms with Gasteiger partial charge in [0.15, 0.2) is 0 Å². The van der Waals surface area contributed by atoms with Gasteiger partial charge in [0.1, 0.15) is 6.54 Å². The molecule has 0 N–H and O–H groups in total. The Morgan fingerprint density at radius 2 is 1.74 bits per heavy atom. The molecule has 7 heteroatoms. The Bertz CT molecular complexity index is 835. The van der Waals surface area contributed by atoms with E-state index >= 15 is 0 Å². The van der Waals surface area contributed by atoms with E-state index in [9.17, 15) is 13.2 Å². The van der Waals surface area contributed by atoms with Gasteiger partial charge in [0.05, 0.1) is 10.6 Å². The highest BCUT2D eigenvalue weighted by Crippen LogP contribution is 2.28. The van der Waals surface area contributed by atoms with E-state index in [1.54, 1.807) is 25.1 Å². The molecule has 122 valence electrons. The lowest BCUT2D eigenvalue weighted by Crippen LogP contribution is -2.35. The molecule has 23 heavy (non-hydrogen) atoms. The van der Waals surface area contributed by atoms with E-state index in [-0.39, 0.29) is 4.90 Å². The molecule has 2 aromatic carbocycles. The number of rotatable bonds is 5. The third kappa shape index (κ3) is 4.13. The average Bonchev–Trinajstić information content (AvgIpc) is 2.47. The van der Waals surface area contributed by atoms with E-state index in [2.05, 4.69) is 15.9 Å². The third-order valence-corrected chi connectivity index (χ3v) is 5.73. The van der Waals surface area contributed by atoms with Crippen LogP contribution in [-0.4, -0.2) is 20.2 Å². The van der Waals surface area contributed by atoms with Crippen molar-refractivity contribution in [1.82, 2.24) is 0 Å². The molecule has 0 spiro atoms. The third-order valence-electron chi connectivity index (χ3n) is 3.30. The predicted molar refractivity (Wildman–Crippen MR) is 95.4 cm³/mol. The van der Waals surface area contributed by atoms with Gasteiger partial charge >= 0.3 is 0 Å². The fourth-order valence-corrected chi connectivity index (χ4v) is 4.07. The number of aryl methyl sites for hydroxylation is 2. The molecular weight excluding hydrogens is 402 g/mol. The number of hydrogen-bond donors (Lipinski definition) is 0. The Balaban J connectivity index is 2.60. The van der Waals surface area contributed by atoms with Crippen LogP contribution in [0.5, 0.6) is 0 Å². The van der Waals surface area contributed by atoms with Gasteiger partial charge < -0.3 is 0 Å². The molecule has 0 aliphatic heterocycles. The lowest BCUT2D eigenvalue weighted by atomic mass is 10.1. The van der Waals surface area contributed by atoms with Gasteiger partial charge in [-0.1, -0.05) is 28.1 Å². The monoisotopic (exact) mass is 415 g/mol. The molecule has 0 amide bonds. The van der Waals surface area contributed by atoms with Crippen LogP contribution in [0.1, 0.15) is 11.1 Å². The van der Waals surface area contributed by atoms with Crippen LogP contribution in [-0.2, 0) is 14.8 Å². The van der Waals surface area contributed by atoms with Crippen LogP contribution >= 0.6 is 27.5 Å². The second-order valence-corrected chi connectivity index (χ2v) is 8.31. The lowest BCUT2D eigenvalue weighted by Gasteiger charge is -2.25. The summed E-state index contributed by atoms with van der Waals surface area (Å²) >= 11 is 8.75. The van der Waals surface area contributed by atoms with Crippen molar-refractivity contribution >= 4 is 48.5 Å². The summed E-state index contributed by atoms with van der Waals surface area (Å²) in [6.07, 6.45) is 0. The molecule has 0 radical (unpaired) electrons. The largest absolute Gasteiger partial charge is 0.279 e. The van der Waals surface area contributed by atoms with Crippen molar-refractivity contribution in [2.75, 3.05) is 10.8 Å². The lowest BCUT2D eigenvalue weighted by molar-refractivity contribution is -0.110. The Morgan fingerprint density at radius 3 is 2.30 bits per heavy atom. The highest BCUT2D eigenvalue weighted by Gasteiger charge is 2.27. The summed E-state index contributed by atoms with van der Waals surface area (Å²) in [5.74, 6) is 0. The summed E-state index contributed by atoms with van der Waals surface area (Å²) in [4.78, 5) is 11.5. The number of nitrogens with zero attached hydrogens (tertiary/aromatic N) is 1. The maximum atomic E-state index is 12.9. The van der Waals surface area contributed by atoms with Crippen LogP contribution in [0.2, 0.25) is 0 Å². The summed E-state index contributed by atoms with van der Waals surface area (Å²) in [5, 5.41) is -0.744. The highest BCUT2D eigenvalue weighted by molar-refractivity contribution is 9.10. The first-order valence-corrected chi connectivity index (χ1v) is 9.37. The van der Waals surface area contributed by atoms with Crippen molar-refractivity contribution in [2.24, 2.45) is 0 Å². The number of anilines is 1. The minimum atomic E-state index is -3.90. The van der Waals surface area contributed by atoms with Crippen LogP contribution in [0.15, 0.2) is 51.8 Å². The maximum Gasteiger partial charge on any atom is 0.264 e. The van der Waals surface area contributed by atoms with E-state index < -0.39 is 21.8 Å². The number of hydrogen-bond acceptors (Lipinski definition) is 3. The molecule has 0 aliphatic carbocycles. The fourth-order valence-electron chi connectivity index (χ4n) is 2.13. The number of halogens is 2. The van der Waals surface area contributed by atoms with Gasteiger partial charge in [-0.3, -0.25) is 9.10 Å². The Kier molecular flexibility index (Phi) is 5.49. The minimum absolute atomic E-state index is 0.0968. The molecule has 0 fully saturated rings. The van der Waals surface area contributed by atoms with E-state index in [4.69, 9.17) is 11.6 Å². The zero-order chi connectivity index (χ0) is 17.2. The standard InChI is InChI=1S/C16H15BrClNO3S/c1-11-3-4-12(2)15(9-11)19(10-16(18)20)23(21,22)14-7-5-13(17)6-8-14/h3-9H,10H2,1-2H3. The molecule has 2 aromatic rings. The summed E-state index contributed by atoms with van der Waals surface area (Å²) < 4.78 is 27.7. The molecule has 0 aliphatic rings. The zero-order valence-corrected chi connectivity index (χ0v) is 15.7. The SMILES string of the molecule is Cc1ccc(C)c(N(CC(=O)Cl)S(=O)(=O)c2ccc(Br)cc2)c1. The van der Waals surface area contributed by atoms with Crippen molar-refractivity contribution < 1.29 is 13.2 Å². The van der Waals surface area contributed by atoms with Gasteiger partial charge in [-0.15, -0.1) is 0 Å². The van der Waals surface area contributed by atoms with Crippen molar-refractivity contribution in [3.8, 4) is 0 Å². The van der Waals surface area contributed by atoms with Crippen LogP contribution in [0.3, 0.4) is 0 Å². The molecule has 0 saturated heterocycles. The van der Waals surface area contributed by atoms with E-state index in [1.165, 1.54) is 12.1 Å². The number of sulfonamides is 1. The highest BCUT2D eigenvalue weighted by atomic mass is 79.9. The predicted octanol–water partition coefficient (Wildman–Crippen LogP) is 4.03. The Labute approximate surface area is 149 Å². The molecule has 4 nitrogen and oxygen atoms in total. The number of carbonyl (C=O) groups excluding carboxylic acids is 1. The zero-order valence-electron chi connectivity index (χ0n) is 12.6. The smallest absolute Gasteiger partial charge is 0.264 e. The molecule has 0 heterocycles. The second kappa shape index (κ2) is 7.03. The van der Waals surface area contributed by atoms with Crippen LogP contribution in [0.25, 0.3) is 0 Å². The quantitative estimate of drug-likeness (QED) is 0.692. The molecular formula is C16H15BrClNO3S. The van der Waals surface area contributed by atoms with Crippen molar-refractivity contribution in [1.29, 1.82) is 0 Å². The minimum Gasteiger partial charge on any atom is -0.279 e. The van der Waals surface area contributed by atoms with E-state index in [0.29, 0.717) is 5.69 Å². The van der Waals surface area contributed by atoms with Crippen LogP contribution in [0, 0.1) is 13.8 Å². The van der Waals surface area contributed by atoms with Gasteiger partial charge in [-0.05, 0) is 66.9 Å². The van der Waals surface area contributed by atoms with Crippen molar-refractivity contribution in [2.45, 2.75) is 18.7 Å². The molecule has 0 saturated carbocycles. The molecule has 0 unspecified atom stereocenters. The summed E-state index contributed by atoms with van der Waals surface area (Å²) in [5.41, 5.74) is 2.08. The first-order valence-electron chi connectivity index (χ1n) is 6.75. The normalized spacial score (nSPS) is 11.3. The first kappa shape index (κ1) is 18.0. The topological polar surface area (TPSA) is 54.5 Å². The molecule has 0 atom stereocenters. The average molecular weight is 417 g/mol. The Hall–Kier alpha value is -1.37. The second-order valence-electron chi connectivity index (χ2n) is 5.11. The van der Waals surface area contributed by atoms with E-state index in [1.807, 2.05) is 19.1 Å². The van der Waals surface area contributed by atoms with Gasteiger partial charge in [-0.2, -0.15) is 0 Å². The summed E-state index contributed by atoms with van der Waals surface area (Å²) in [6, 6.07) is 11.7. The van der Waals surface area contributed by atoms with Crippen molar-refractivity contribution in [3.63, 3.8) is 0 Å². The van der Waals surface area contributed by atoms with E-state index in [0.717, 1.165) is 19.9 Å². The number of carbonyl (C=O) groups is 1. The van der Waals surface area contributed by atoms with Gasteiger partial charge in [0, 0.05) is 4.47 Å². The van der Waals surface area contributed by atoms with Crippen LogP contribution < -0.4 is 4.31 Å². The first-order chi connectivity index (χ1) is 10.7. The van der Waals surface area contributed by atoms with Gasteiger partial charge in [0.2, 0.25) is 5.24 Å². The molecule has 0 bridgehead atoms. The van der Waals surface area contributed by atoms with Gasteiger partial charge in [0.25, 0.3) is 10.0 Å². The van der Waals surface area contributed by atoms with Crippen LogP contribution in [0.4, 0.5) is 5.69 Å². The maximum absolute atomic E-state index is 12.9. The summed E-state index contributed by atoms with van der Waals surface area (Å²) in [6.45, 7) is 3.22. The molecule has 2 rings (SSSR count). The Morgan fingerprint density at radius 1 is 1.13 bits per heavy atom. The van der Waals surface area contributed by atoms with Gasteiger partial charge in [-0.25, -0.2) is 8.42 Å². The fraction of sp³-hybridized carbons (Fsp3) is 0.188. The molecule has 0 aromatic heterocycles. The number of benzene rings is 2.